The van der Waals surface area contributed by atoms with E-state index in [1.54, 1.807) is 5.38 Å². The van der Waals surface area contributed by atoms with Gasteiger partial charge in [-0.15, -0.1) is 22.7 Å². The quantitative estimate of drug-likeness (QED) is 0.365. The zero-order chi connectivity index (χ0) is 22.3. The van der Waals surface area contributed by atoms with Gasteiger partial charge in [-0.2, -0.15) is 0 Å². The molecule has 4 rings (SSSR count). The Kier molecular flexibility index (Phi) is 6.88. The van der Waals surface area contributed by atoms with Gasteiger partial charge in [0.15, 0.2) is 11.7 Å². The lowest BCUT2D eigenvalue weighted by Gasteiger charge is -2.06. The predicted molar refractivity (Wildman–Crippen MR) is 124 cm³/mol. The molecule has 0 saturated carbocycles. The summed E-state index contributed by atoms with van der Waals surface area (Å²) in [5, 5.41) is 7.47. The van der Waals surface area contributed by atoms with E-state index in [4.69, 9.17) is 9.47 Å². The second kappa shape index (κ2) is 10.2. The number of thiazole rings is 2. The maximum atomic E-state index is 12.1. The van der Waals surface area contributed by atoms with Crippen LogP contribution in [0.4, 0.5) is 5.13 Å². The molecule has 2 aromatic heterocycles. The number of nitrogens with one attached hydrogen (secondary N) is 1. The number of hydrogen-bond acceptors (Lipinski definition) is 8. The lowest BCUT2D eigenvalue weighted by molar-refractivity contribution is -0.146. The van der Waals surface area contributed by atoms with Gasteiger partial charge in [-0.05, 0) is 31.2 Å². The number of ether oxygens (including phenoxy) is 2. The van der Waals surface area contributed by atoms with Crippen molar-refractivity contribution in [3.8, 4) is 22.1 Å². The number of anilines is 1. The van der Waals surface area contributed by atoms with Crippen molar-refractivity contribution in [1.29, 1.82) is 0 Å². The van der Waals surface area contributed by atoms with Crippen LogP contribution in [0.1, 0.15) is 11.4 Å². The molecule has 0 aliphatic rings. The molecular weight excluding hydrogens is 446 g/mol. The number of hydrogen-bond donors (Lipinski definition) is 1. The summed E-state index contributed by atoms with van der Waals surface area (Å²) in [4.78, 5) is 32.6. The monoisotopic (exact) mass is 465 g/mol. The molecule has 0 aliphatic heterocycles. The molecule has 162 valence electrons. The Hall–Kier alpha value is -3.56. The first-order chi connectivity index (χ1) is 15.5. The maximum absolute atomic E-state index is 12.1. The van der Waals surface area contributed by atoms with Crippen LogP contribution in [-0.2, 0) is 20.7 Å². The zero-order valence-electron chi connectivity index (χ0n) is 17.1. The highest BCUT2D eigenvalue weighted by atomic mass is 32.1. The highest BCUT2D eigenvalue weighted by molar-refractivity contribution is 7.14. The first kappa shape index (κ1) is 21.7. The number of benzene rings is 2. The molecule has 0 spiro atoms. The summed E-state index contributed by atoms with van der Waals surface area (Å²) in [7, 11) is 0. The lowest BCUT2D eigenvalue weighted by Crippen LogP contribution is -2.21. The summed E-state index contributed by atoms with van der Waals surface area (Å²) in [5.74, 6) is 0.503. The molecule has 1 N–H and O–H groups in total. The van der Waals surface area contributed by atoms with Gasteiger partial charge in [0.25, 0.3) is 5.91 Å². The van der Waals surface area contributed by atoms with Gasteiger partial charge >= 0.3 is 5.97 Å². The van der Waals surface area contributed by atoms with Gasteiger partial charge in [-0.25, -0.2) is 9.97 Å². The molecule has 0 bridgehead atoms. The summed E-state index contributed by atoms with van der Waals surface area (Å²) in [6.07, 6.45) is -0.0135. The van der Waals surface area contributed by atoms with Crippen molar-refractivity contribution >= 4 is 39.7 Å². The van der Waals surface area contributed by atoms with E-state index in [-0.39, 0.29) is 13.0 Å². The lowest BCUT2D eigenvalue weighted by atomic mass is 10.2. The molecule has 4 aromatic rings. The van der Waals surface area contributed by atoms with E-state index < -0.39 is 11.9 Å². The van der Waals surface area contributed by atoms with Crippen LogP contribution < -0.4 is 10.1 Å². The third kappa shape index (κ3) is 5.99. The molecule has 0 fully saturated rings. The minimum atomic E-state index is -0.520. The van der Waals surface area contributed by atoms with E-state index in [0.717, 1.165) is 22.0 Å². The van der Waals surface area contributed by atoms with Crippen LogP contribution in [0.3, 0.4) is 0 Å². The van der Waals surface area contributed by atoms with E-state index in [1.807, 2.05) is 66.9 Å². The van der Waals surface area contributed by atoms with Gasteiger partial charge in [-0.1, -0.05) is 30.3 Å². The number of amides is 1. The van der Waals surface area contributed by atoms with Gasteiger partial charge in [0.05, 0.1) is 17.8 Å². The van der Waals surface area contributed by atoms with Crippen LogP contribution in [0.15, 0.2) is 65.4 Å². The largest absolute Gasteiger partial charge is 0.457 e. The number of aryl methyl sites for hydroxylation is 1. The molecule has 0 saturated heterocycles. The Morgan fingerprint density at radius 1 is 0.969 bits per heavy atom. The van der Waals surface area contributed by atoms with E-state index >= 15 is 0 Å². The van der Waals surface area contributed by atoms with Crippen LogP contribution in [0.25, 0.3) is 10.6 Å². The van der Waals surface area contributed by atoms with E-state index in [2.05, 4.69) is 15.3 Å². The van der Waals surface area contributed by atoms with Crippen molar-refractivity contribution in [3.05, 3.63) is 76.7 Å². The first-order valence-corrected chi connectivity index (χ1v) is 11.5. The van der Waals surface area contributed by atoms with Gasteiger partial charge in [0.1, 0.15) is 16.5 Å². The summed E-state index contributed by atoms with van der Waals surface area (Å²) in [6.45, 7) is 1.47. The van der Waals surface area contributed by atoms with Gasteiger partial charge < -0.3 is 9.47 Å². The fourth-order valence-corrected chi connectivity index (χ4v) is 4.27. The number of rotatable bonds is 8. The van der Waals surface area contributed by atoms with Gasteiger partial charge in [0.2, 0.25) is 0 Å². The zero-order valence-corrected chi connectivity index (χ0v) is 18.7. The molecule has 2 aromatic carbocycles. The fraction of sp³-hybridized carbons (Fsp3) is 0.130. The number of carbonyl (C=O) groups is 2. The molecule has 0 radical (unpaired) electrons. The Labute approximate surface area is 192 Å². The minimum absolute atomic E-state index is 0.0135. The van der Waals surface area contributed by atoms with Crippen LogP contribution in [0, 0.1) is 6.92 Å². The number of aromatic nitrogens is 2. The van der Waals surface area contributed by atoms with Crippen molar-refractivity contribution in [3.63, 3.8) is 0 Å². The van der Waals surface area contributed by atoms with Gasteiger partial charge in [0, 0.05) is 16.3 Å². The normalized spacial score (nSPS) is 10.5. The molecule has 1 amide bonds. The maximum Gasteiger partial charge on any atom is 0.312 e. The first-order valence-electron chi connectivity index (χ1n) is 9.70. The number of carbonyl (C=O) groups excluding carboxylic acids is 2. The van der Waals surface area contributed by atoms with Crippen LogP contribution >= 0.6 is 22.7 Å². The standard InChI is InChI=1S/C23H19N3O4S2/c1-15-13-32-23(24-15)26-20(27)12-29-21(28)11-17-14-31-22(25-17)16-6-5-9-19(10-16)30-18-7-3-2-4-8-18/h2-10,13-14H,11-12H2,1H3,(H,24,26,27). The molecule has 32 heavy (non-hydrogen) atoms. The summed E-state index contributed by atoms with van der Waals surface area (Å²) in [5.41, 5.74) is 2.29. The van der Waals surface area contributed by atoms with Gasteiger partial charge in [-0.3, -0.25) is 14.9 Å². The van der Waals surface area contributed by atoms with Crippen molar-refractivity contribution in [1.82, 2.24) is 9.97 Å². The second-order valence-electron chi connectivity index (χ2n) is 6.77. The van der Waals surface area contributed by atoms with Crippen LogP contribution in [0.5, 0.6) is 11.5 Å². The van der Waals surface area contributed by atoms with E-state index in [0.29, 0.717) is 16.6 Å². The van der Waals surface area contributed by atoms with Crippen molar-refractivity contribution in [2.75, 3.05) is 11.9 Å². The number of para-hydroxylation sites is 1. The minimum Gasteiger partial charge on any atom is -0.457 e. The second-order valence-corrected chi connectivity index (χ2v) is 8.48. The molecule has 7 nitrogen and oxygen atoms in total. The molecule has 0 unspecified atom stereocenters. The Balaban J connectivity index is 1.31. The smallest absolute Gasteiger partial charge is 0.312 e. The third-order valence-corrected chi connectivity index (χ3v) is 5.98. The molecule has 0 aliphatic carbocycles. The highest BCUT2D eigenvalue weighted by Gasteiger charge is 2.13. The number of esters is 1. The average Bonchev–Trinajstić information content (AvgIpc) is 3.42. The van der Waals surface area contributed by atoms with Crippen LogP contribution in [0.2, 0.25) is 0 Å². The van der Waals surface area contributed by atoms with Crippen LogP contribution in [-0.4, -0.2) is 28.5 Å². The highest BCUT2D eigenvalue weighted by Crippen LogP contribution is 2.29. The molecule has 2 heterocycles. The molecule has 0 atom stereocenters. The summed E-state index contributed by atoms with van der Waals surface area (Å²) < 4.78 is 10.9. The van der Waals surface area contributed by atoms with Crippen molar-refractivity contribution in [2.24, 2.45) is 0 Å². The van der Waals surface area contributed by atoms with E-state index in [9.17, 15) is 9.59 Å². The Bertz CT molecular complexity index is 1220. The summed E-state index contributed by atoms with van der Waals surface area (Å²) >= 11 is 2.74. The summed E-state index contributed by atoms with van der Waals surface area (Å²) in [6, 6.07) is 17.1. The topological polar surface area (TPSA) is 90.4 Å². The average molecular weight is 466 g/mol. The molecule has 9 heteroatoms. The predicted octanol–water partition coefficient (Wildman–Crippen LogP) is 5.09. The SMILES string of the molecule is Cc1csc(NC(=O)COC(=O)Cc2csc(-c3cccc(Oc4ccccc4)c3)n2)n1. The number of nitrogens with zero attached hydrogens (tertiary/aromatic N) is 2. The van der Waals surface area contributed by atoms with E-state index in [1.165, 1.54) is 22.7 Å². The molecular formula is C23H19N3O4S2. The van der Waals surface area contributed by atoms with Crippen molar-refractivity contribution < 1.29 is 19.1 Å². The third-order valence-electron chi connectivity index (χ3n) is 4.17. The Morgan fingerprint density at radius 3 is 2.56 bits per heavy atom. The van der Waals surface area contributed by atoms with Crippen molar-refractivity contribution in [2.45, 2.75) is 13.3 Å². The fourth-order valence-electron chi connectivity index (χ4n) is 2.75. The Morgan fingerprint density at radius 2 is 1.78 bits per heavy atom.